The van der Waals surface area contributed by atoms with E-state index in [1.54, 1.807) is 9.80 Å². The summed E-state index contributed by atoms with van der Waals surface area (Å²) in [6, 6.07) is 4.26. The normalized spacial score (nSPS) is 20.1. The van der Waals surface area contributed by atoms with E-state index < -0.39 is 23.2 Å². The van der Waals surface area contributed by atoms with Gasteiger partial charge in [0.15, 0.2) is 0 Å². The smallest absolute Gasteiger partial charge is 0.389 e. The highest BCUT2D eigenvalue weighted by molar-refractivity contribution is 7.99. The van der Waals surface area contributed by atoms with Crippen molar-refractivity contribution in [3.05, 3.63) is 58.3 Å². The number of anilines is 2. The highest BCUT2D eigenvalue weighted by Gasteiger charge is 2.41. The maximum absolute atomic E-state index is 15.1. The third-order valence-electron chi connectivity index (χ3n) is 8.55. The Kier molecular flexibility index (Phi) is 7.60. The molecule has 1 saturated heterocycles. The minimum atomic E-state index is -4.87. The number of thiophene rings is 1. The number of amides is 1. The summed E-state index contributed by atoms with van der Waals surface area (Å²) in [4.78, 5) is 34.3. The molecule has 14 heteroatoms. The van der Waals surface area contributed by atoms with Gasteiger partial charge in [0.1, 0.15) is 22.7 Å². The highest BCUT2D eigenvalue weighted by atomic mass is 32.2. The summed E-state index contributed by atoms with van der Waals surface area (Å²) >= 11 is 2.00. The number of fused-ring (bicyclic) bond motifs is 1. The average Bonchev–Trinajstić information content (AvgIpc) is 3.34. The maximum Gasteiger partial charge on any atom is 0.417 e. The van der Waals surface area contributed by atoms with Crippen molar-refractivity contribution in [1.29, 1.82) is 5.26 Å². The van der Waals surface area contributed by atoms with Crippen LogP contribution in [0.4, 0.5) is 28.4 Å². The summed E-state index contributed by atoms with van der Waals surface area (Å²) in [6.07, 6.45) is -3.11. The fourth-order valence-electron chi connectivity index (χ4n) is 6.67. The molecule has 0 saturated carbocycles. The lowest BCUT2D eigenvalue weighted by atomic mass is 9.92. The van der Waals surface area contributed by atoms with E-state index in [1.165, 1.54) is 28.5 Å². The Labute approximate surface area is 263 Å². The van der Waals surface area contributed by atoms with Crippen LogP contribution in [0.15, 0.2) is 40.5 Å². The molecule has 0 aliphatic carbocycles. The zero-order valence-electron chi connectivity index (χ0n) is 24.5. The van der Waals surface area contributed by atoms with E-state index in [-0.39, 0.29) is 85.0 Å². The molecule has 0 bridgehead atoms. The number of rotatable bonds is 4. The first kappa shape index (κ1) is 30.9. The number of nitrogens with zero attached hydrogens (tertiary/aromatic N) is 5. The van der Waals surface area contributed by atoms with Gasteiger partial charge in [-0.2, -0.15) is 23.4 Å². The topological polar surface area (TPSA) is 108 Å². The van der Waals surface area contributed by atoms with E-state index in [0.29, 0.717) is 17.7 Å². The largest absolute Gasteiger partial charge is 0.417 e. The SMILES string of the molecule is C=CC(=O)N1[C@H](C)CN(c2nc(=O)n3c4c(c(-c5ccc(F)c6sc(N)c(C#N)c56)c(C(F)(F)F)cc24)SCC3CC)C[C@@H]1C. The summed E-state index contributed by atoms with van der Waals surface area (Å²) < 4.78 is 61.8. The number of carbonyl (C=O) groups is 1. The number of thioether (sulfide) groups is 1. The van der Waals surface area contributed by atoms with Crippen molar-refractivity contribution in [2.24, 2.45) is 0 Å². The van der Waals surface area contributed by atoms with Crippen molar-refractivity contribution in [3.63, 3.8) is 0 Å². The molecule has 2 aliphatic rings. The summed E-state index contributed by atoms with van der Waals surface area (Å²) in [6.45, 7) is 9.57. The molecule has 1 unspecified atom stereocenters. The molecular weight excluding hydrogens is 629 g/mol. The summed E-state index contributed by atoms with van der Waals surface area (Å²) in [7, 11) is 0. The minimum absolute atomic E-state index is 0.00116. The van der Waals surface area contributed by atoms with E-state index in [1.807, 2.05) is 26.8 Å². The second-order valence-electron chi connectivity index (χ2n) is 11.3. The van der Waals surface area contributed by atoms with E-state index >= 15 is 13.2 Å². The van der Waals surface area contributed by atoms with Gasteiger partial charge < -0.3 is 15.5 Å². The fourth-order valence-corrected chi connectivity index (χ4v) is 9.07. The number of hydrogen-bond donors (Lipinski definition) is 1. The Balaban J connectivity index is 1.72. The molecule has 2 N–H and O–H groups in total. The molecule has 2 aliphatic heterocycles. The lowest BCUT2D eigenvalue weighted by Crippen LogP contribution is -2.58. The van der Waals surface area contributed by atoms with Crippen LogP contribution < -0.4 is 16.3 Å². The van der Waals surface area contributed by atoms with Crippen molar-refractivity contribution in [2.45, 2.75) is 56.4 Å². The van der Waals surface area contributed by atoms with E-state index in [9.17, 15) is 19.2 Å². The monoisotopic (exact) mass is 656 g/mol. The summed E-state index contributed by atoms with van der Waals surface area (Å²) in [5.74, 6) is -0.546. The molecule has 2 aromatic carbocycles. The quantitative estimate of drug-likeness (QED) is 0.196. The first-order valence-electron chi connectivity index (χ1n) is 14.3. The molecule has 4 heterocycles. The molecule has 45 heavy (non-hydrogen) atoms. The van der Waals surface area contributed by atoms with Crippen LogP contribution in [0, 0.1) is 17.1 Å². The van der Waals surface area contributed by atoms with Crippen LogP contribution in [0.3, 0.4) is 0 Å². The molecule has 0 radical (unpaired) electrons. The molecule has 8 nitrogen and oxygen atoms in total. The fraction of sp³-hybridized carbons (Fsp3) is 0.355. The van der Waals surface area contributed by atoms with Crippen LogP contribution in [0.5, 0.6) is 0 Å². The van der Waals surface area contributed by atoms with Crippen molar-refractivity contribution in [1.82, 2.24) is 14.5 Å². The number of benzene rings is 2. The molecule has 234 valence electrons. The van der Waals surface area contributed by atoms with Crippen molar-refractivity contribution in [3.8, 4) is 17.2 Å². The van der Waals surface area contributed by atoms with Gasteiger partial charge in [-0.25, -0.2) is 9.18 Å². The first-order chi connectivity index (χ1) is 21.3. The standard InChI is InChI=1S/C31H28F4N6O2S2/c1-5-16-13-44-27-24(17-7-8-21(32)26-23(17)19(10-36)28(37)45-26)20(31(33,34)35)9-18-25(27)41(16)30(43)38-29(18)39-11-14(3)40(15(4)12-39)22(42)6-2/h6-9,14-16H,2,5,11-13,37H2,1,3-4H3/t14-,15+,16?. The van der Waals surface area contributed by atoms with Gasteiger partial charge in [0.2, 0.25) is 5.91 Å². The van der Waals surface area contributed by atoms with Gasteiger partial charge in [0.05, 0.1) is 21.3 Å². The molecule has 3 atom stereocenters. The molecule has 1 amide bonds. The number of nitriles is 1. The Bertz CT molecular complexity index is 2000. The number of piperazine rings is 1. The molecule has 4 aromatic rings. The number of nitrogens with two attached hydrogens (primary N) is 1. The number of carbonyl (C=O) groups excluding carboxylic acids is 1. The molecule has 1 fully saturated rings. The number of aromatic nitrogens is 2. The van der Waals surface area contributed by atoms with Crippen molar-refractivity contribution in [2.75, 3.05) is 29.5 Å². The van der Waals surface area contributed by atoms with Gasteiger partial charge in [-0.3, -0.25) is 9.36 Å². The Morgan fingerprint density at radius 3 is 2.56 bits per heavy atom. The molecular formula is C31H28F4N6O2S2. The summed E-state index contributed by atoms with van der Waals surface area (Å²) in [5.41, 5.74) is 4.43. The Hall–Kier alpha value is -4.09. The Morgan fingerprint density at radius 2 is 1.96 bits per heavy atom. The zero-order valence-corrected chi connectivity index (χ0v) is 26.2. The van der Waals surface area contributed by atoms with E-state index in [2.05, 4.69) is 11.6 Å². The third-order valence-corrected chi connectivity index (χ3v) is 10.8. The molecule has 6 rings (SSSR count). The zero-order chi connectivity index (χ0) is 32.5. The molecule has 0 spiro atoms. The number of nitrogen functional groups attached to an aromatic ring is 1. The third kappa shape index (κ3) is 4.75. The van der Waals surface area contributed by atoms with Crippen LogP contribution in [0.2, 0.25) is 0 Å². The lowest BCUT2D eigenvalue weighted by molar-refractivity contribution is -0.137. The predicted molar refractivity (Wildman–Crippen MR) is 169 cm³/mol. The van der Waals surface area contributed by atoms with Crippen LogP contribution in [0.25, 0.3) is 32.1 Å². The highest BCUT2D eigenvalue weighted by Crippen LogP contribution is 2.52. The molecule has 2 aromatic heterocycles. The van der Waals surface area contributed by atoms with E-state index in [4.69, 9.17) is 5.73 Å². The predicted octanol–water partition coefficient (Wildman–Crippen LogP) is 6.56. The summed E-state index contributed by atoms with van der Waals surface area (Å²) in [5, 5.41) is 10.0. The van der Waals surface area contributed by atoms with E-state index in [0.717, 1.165) is 23.5 Å². The van der Waals surface area contributed by atoms with Crippen molar-refractivity contribution < 1.29 is 22.4 Å². The van der Waals surface area contributed by atoms with Gasteiger partial charge in [0.25, 0.3) is 0 Å². The van der Waals surface area contributed by atoms with Gasteiger partial charge in [-0.05, 0) is 44.0 Å². The van der Waals surface area contributed by atoms with Crippen LogP contribution in [-0.4, -0.2) is 51.3 Å². The van der Waals surface area contributed by atoms with Crippen LogP contribution in [-0.2, 0) is 11.0 Å². The van der Waals surface area contributed by atoms with Gasteiger partial charge in [0, 0.05) is 58.2 Å². The minimum Gasteiger partial charge on any atom is -0.389 e. The number of halogens is 4. The number of alkyl halides is 3. The van der Waals surface area contributed by atoms with Gasteiger partial charge in [-0.1, -0.05) is 19.6 Å². The number of hydrogen-bond acceptors (Lipinski definition) is 8. The van der Waals surface area contributed by atoms with Gasteiger partial charge >= 0.3 is 11.9 Å². The first-order valence-corrected chi connectivity index (χ1v) is 16.1. The lowest BCUT2D eigenvalue weighted by Gasteiger charge is -2.45. The van der Waals surface area contributed by atoms with Crippen LogP contribution >= 0.6 is 23.1 Å². The average molecular weight is 657 g/mol. The van der Waals surface area contributed by atoms with Crippen LogP contribution in [0.1, 0.15) is 44.4 Å². The second kappa shape index (κ2) is 11.1. The van der Waals surface area contributed by atoms with Gasteiger partial charge in [-0.15, -0.1) is 23.1 Å². The van der Waals surface area contributed by atoms with Crippen molar-refractivity contribution >= 4 is 60.8 Å². The maximum atomic E-state index is 15.1. The second-order valence-corrected chi connectivity index (χ2v) is 13.4. The Morgan fingerprint density at radius 1 is 1.27 bits per heavy atom.